The topological polar surface area (TPSA) is 20.3 Å². The Kier molecular flexibility index (Phi) is 5.30. The molecule has 1 aromatic rings. The summed E-state index contributed by atoms with van der Waals surface area (Å²) >= 11 is 0. The Hall–Kier alpha value is -1.22. The summed E-state index contributed by atoms with van der Waals surface area (Å²) in [5.41, 5.74) is 0.482. The Morgan fingerprint density at radius 2 is 2.10 bits per heavy atom. The zero-order valence-corrected chi connectivity index (χ0v) is 12.4. The van der Waals surface area contributed by atoms with E-state index in [1.54, 1.807) is 12.1 Å². The van der Waals surface area contributed by atoms with Crippen LogP contribution in [0, 0.1) is 11.7 Å². The van der Waals surface area contributed by atoms with Crippen molar-refractivity contribution in [2.75, 3.05) is 13.6 Å². The van der Waals surface area contributed by atoms with E-state index in [-0.39, 0.29) is 11.6 Å². The summed E-state index contributed by atoms with van der Waals surface area (Å²) in [4.78, 5) is 14.4. The first-order valence-corrected chi connectivity index (χ1v) is 7.57. The normalized spacial score (nSPS) is 23.0. The van der Waals surface area contributed by atoms with Crippen LogP contribution >= 0.6 is 0 Å². The summed E-state index contributed by atoms with van der Waals surface area (Å²) < 4.78 is 13.1. The number of carbonyl (C=O) groups is 1. The average Bonchev–Trinajstić information content (AvgIpc) is 2.45. The standard InChI is InChI=1S/C17H24FNO/c1-13-6-3-4-9-16(13)19(2)11-10-17(20)14-7-5-8-15(18)12-14/h5,7-8,12-13,16H,3-4,6,9-11H2,1-2H3. The summed E-state index contributed by atoms with van der Waals surface area (Å²) in [6.07, 6.45) is 5.59. The summed E-state index contributed by atoms with van der Waals surface area (Å²) in [6, 6.07) is 6.56. The van der Waals surface area contributed by atoms with Gasteiger partial charge in [0, 0.05) is 24.6 Å². The van der Waals surface area contributed by atoms with Crippen LogP contribution in [0.5, 0.6) is 0 Å². The van der Waals surface area contributed by atoms with Crippen molar-refractivity contribution in [2.24, 2.45) is 5.92 Å². The molecule has 2 rings (SSSR count). The highest BCUT2D eigenvalue weighted by atomic mass is 19.1. The predicted octanol–water partition coefficient (Wildman–Crippen LogP) is 3.91. The van der Waals surface area contributed by atoms with E-state index in [1.165, 1.54) is 37.8 Å². The largest absolute Gasteiger partial charge is 0.303 e. The van der Waals surface area contributed by atoms with Crippen molar-refractivity contribution in [3.05, 3.63) is 35.6 Å². The third-order valence-electron chi connectivity index (χ3n) is 4.47. The number of hydrogen-bond donors (Lipinski definition) is 0. The second kappa shape index (κ2) is 6.98. The van der Waals surface area contributed by atoms with Crippen LogP contribution < -0.4 is 0 Å². The van der Waals surface area contributed by atoms with Gasteiger partial charge in [-0.1, -0.05) is 31.9 Å². The second-order valence-electron chi connectivity index (χ2n) is 5.99. The van der Waals surface area contributed by atoms with E-state index in [4.69, 9.17) is 0 Å². The van der Waals surface area contributed by atoms with Gasteiger partial charge in [0.1, 0.15) is 5.82 Å². The number of carbonyl (C=O) groups excluding carboxylic acids is 1. The first-order valence-electron chi connectivity index (χ1n) is 7.57. The van der Waals surface area contributed by atoms with E-state index < -0.39 is 0 Å². The molecule has 2 nitrogen and oxygen atoms in total. The minimum Gasteiger partial charge on any atom is -0.303 e. The molecule has 0 aliphatic heterocycles. The minimum absolute atomic E-state index is 0.0276. The summed E-state index contributed by atoms with van der Waals surface area (Å²) in [5.74, 6) is 0.392. The zero-order valence-electron chi connectivity index (χ0n) is 12.4. The van der Waals surface area contributed by atoms with E-state index in [9.17, 15) is 9.18 Å². The monoisotopic (exact) mass is 277 g/mol. The number of benzene rings is 1. The van der Waals surface area contributed by atoms with E-state index in [2.05, 4.69) is 18.9 Å². The van der Waals surface area contributed by atoms with Crippen molar-refractivity contribution in [2.45, 2.75) is 45.1 Å². The van der Waals surface area contributed by atoms with Crippen LogP contribution in [-0.2, 0) is 0 Å². The number of halogens is 1. The van der Waals surface area contributed by atoms with E-state index in [0.29, 0.717) is 23.9 Å². The molecule has 110 valence electrons. The Morgan fingerprint density at radius 1 is 1.35 bits per heavy atom. The number of ketones is 1. The minimum atomic E-state index is -0.342. The Morgan fingerprint density at radius 3 is 2.80 bits per heavy atom. The highest BCUT2D eigenvalue weighted by Crippen LogP contribution is 2.27. The van der Waals surface area contributed by atoms with Gasteiger partial charge in [-0.3, -0.25) is 4.79 Å². The van der Waals surface area contributed by atoms with Gasteiger partial charge in [-0.05, 0) is 37.9 Å². The molecule has 1 aromatic carbocycles. The Bertz CT molecular complexity index is 460. The molecular formula is C17H24FNO. The average molecular weight is 277 g/mol. The van der Waals surface area contributed by atoms with Crippen LogP contribution in [0.1, 0.15) is 49.4 Å². The van der Waals surface area contributed by atoms with Crippen LogP contribution in [0.2, 0.25) is 0 Å². The maximum atomic E-state index is 13.1. The lowest BCUT2D eigenvalue weighted by Crippen LogP contribution is -2.39. The van der Waals surface area contributed by atoms with Crippen molar-refractivity contribution in [1.29, 1.82) is 0 Å². The molecule has 0 aromatic heterocycles. The first kappa shape index (κ1) is 15.2. The Balaban J connectivity index is 1.86. The van der Waals surface area contributed by atoms with Gasteiger partial charge < -0.3 is 4.90 Å². The predicted molar refractivity (Wildman–Crippen MR) is 79.4 cm³/mol. The van der Waals surface area contributed by atoms with Gasteiger partial charge in [0.15, 0.2) is 5.78 Å². The molecule has 0 bridgehead atoms. The van der Waals surface area contributed by atoms with Crippen molar-refractivity contribution in [3.63, 3.8) is 0 Å². The number of hydrogen-bond acceptors (Lipinski definition) is 2. The maximum absolute atomic E-state index is 13.1. The molecule has 3 heteroatoms. The van der Waals surface area contributed by atoms with Gasteiger partial charge in [0.2, 0.25) is 0 Å². The van der Waals surface area contributed by atoms with Gasteiger partial charge in [0.25, 0.3) is 0 Å². The SMILES string of the molecule is CC1CCCCC1N(C)CCC(=O)c1cccc(F)c1. The molecule has 0 saturated heterocycles. The molecule has 0 N–H and O–H groups in total. The highest BCUT2D eigenvalue weighted by Gasteiger charge is 2.25. The van der Waals surface area contributed by atoms with Crippen LogP contribution in [-0.4, -0.2) is 30.3 Å². The third kappa shape index (κ3) is 3.89. The maximum Gasteiger partial charge on any atom is 0.164 e. The molecule has 0 heterocycles. The van der Waals surface area contributed by atoms with Crippen LogP contribution in [0.4, 0.5) is 4.39 Å². The molecule has 1 fully saturated rings. The molecular weight excluding hydrogens is 253 g/mol. The fourth-order valence-corrected chi connectivity index (χ4v) is 3.20. The quantitative estimate of drug-likeness (QED) is 0.761. The van der Waals surface area contributed by atoms with Gasteiger partial charge >= 0.3 is 0 Å². The molecule has 2 atom stereocenters. The molecule has 1 aliphatic rings. The number of Topliss-reactive ketones (excluding diaryl/α,β-unsaturated/α-hetero) is 1. The highest BCUT2D eigenvalue weighted by molar-refractivity contribution is 5.96. The lowest BCUT2D eigenvalue weighted by molar-refractivity contribution is 0.0927. The van der Waals surface area contributed by atoms with Crippen LogP contribution in [0.25, 0.3) is 0 Å². The smallest absolute Gasteiger partial charge is 0.164 e. The van der Waals surface area contributed by atoms with Crippen molar-refractivity contribution in [3.8, 4) is 0 Å². The van der Waals surface area contributed by atoms with Gasteiger partial charge in [-0.2, -0.15) is 0 Å². The van der Waals surface area contributed by atoms with Crippen LogP contribution in [0.15, 0.2) is 24.3 Å². The van der Waals surface area contributed by atoms with Crippen molar-refractivity contribution < 1.29 is 9.18 Å². The van der Waals surface area contributed by atoms with E-state index >= 15 is 0 Å². The van der Waals surface area contributed by atoms with Gasteiger partial charge in [-0.15, -0.1) is 0 Å². The first-order chi connectivity index (χ1) is 9.58. The lowest BCUT2D eigenvalue weighted by Gasteiger charge is -2.36. The molecule has 2 unspecified atom stereocenters. The van der Waals surface area contributed by atoms with E-state index in [0.717, 1.165) is 6.54 Å². The fraction of sp³-hybridized carbons (Fsp3) is 0.588. The molecule has 0 amide bonds. The third-order valence-corrected chi connectivity index (χ3v) is 4.47. The molecule has 0 radical (unpaired) electrons. The van der Waals surface area contributed by atoms with Gasteiger partial charge in [0.05, 0.1) is 0 Å². The van der Waals surface area contributed by atoms with Gasteiger partial charge in [-0.25, -0.2) is 4.39 Å². The number of nitrogens with zero attached hydrogens (tertiary/aromatic N) is 1. The molecule has 1 saturated carbocycles. The van der Waals surface area contributed by atoms with Crippen molar-refractivity contribution in [1.82, 2.24) is 4.90 Å². The summed E-state index contributed by atoms with van der Waals surface area (Å²) in [7, 11) is 2.10. The van der Waals surface area contributed by atoms with Crippen molar-refractivity contribution >= 4 is 5.78 Å². The molecule has 20 heavy (non-hydrogen) atoms. The Labute approximate surface area is 121 Å². The molecule has 1 aliphatic carbocycles. The second-order valence-corrected chi connectivity index (χ2v) is 5.99. The van der Waals surface area contributed by atoms with E-state index in [1.807, 2.05) is 0 Å². The summed E-state index contributed by atoms with van der Waals surface area (Å²) in [5, 5.41) is 0. The summed E-state index contributed by atoms with van der Waals surface area (Å²) in [6.45, 7) is 3.05. The zero-order chi connectivity index (χ0) is 14.5. The van der Waals surface area contributed by atoms with Crippen LogP contribution in [0.3, 0.4) is 0 Å². The molecule has 0 spiro atoms. The number of rotatable bonds is 5. The lowest BCUT2D eigenvalue weighted by atomic mass is 9.85. The fourth-order valence-electron chi connectivity index (χ4n) is 3.20.